The van der Waals surface area contributed by atoms with Crippen LogP contribution in [0.1, 0.15) is 18.1 Å². The fraction of sp³-hybridized carbons (Fsp3) is 0.500. The SMILES string of the molecule is O=C(CN[C@@H]1CCO[C@@H]1c1ccc(Cl)cc1)NCC(F)(F)F. The summed E-state index contributed by atoms with van der Waals surface area (Å²) in [7, 11) is 0. The van der Waals surface area contributed by atoms with Gasteiger partial charge in [-0.2, -0.15) is 13.2 Å². The molecule has 1 aliphatic rings. The third-order valence-electron chi connectivity index (χ3n) is 3.30. The van der Waals surface area contributed by atoms with Gasteiger partial charge in [0.05, 0.1) is 12.6 Å². The van der Waals surface area contributed by atoms with E-state index >= 15 is 0 Å². The van der Waals surface area contributed by atoms with Gasteiger partial charge in [-0.25, -0.2) is 0 Å². The summed E-state index contributed by atoms with van der Waals surface area (Å²) >= 11 is 5.83. The van der Waals surface area contributed by atoms with Crippen LogP contribution in [-0.4, -0.2) is 37.8 Å². The average Bonchev–Trinajstić information content (AvgIpc) is 2.91. The highest BCUT2D eigenvalue weighted by Crippen LogP contribution is 2.29. The van der Waals surface area contributed by atoms with Crippen molar-refractivity contribution in [1.29, 1.82) is 0 Å². The van der Waals surface area contributed by atoms with E-state index in [0.29, 0.717) is 18.1 Å². The molecular weight excluding hydrogens is 321 g/mol. The van der Waals surface area contributed by atoms with Crippen molar-refractivity contribution in [3.8, 4) is 0 Å². The van der Waals surface area contributed by atoms with Crippen LogP contribution >= 0.6 is 11.6 Å². The number of rotatable bonds is 5. The van der Waals surface area contributed by atoms with Gasteiger partial charge in [0.2, 0.25) is 5.91 Å². The first-order chi connectivity index (χ1) is 10.3. The highest BCUT2D eigenvalue weighted by Gasteiger charge is 2.31. The molecule has 0 aromatic heterocycles. The van der Waals surface area contributed by atoms with E-state index in [0.717, 1.165) is 5.56 Å². The van der Waals surface area contributed by atoms with Gasteiger partial charge in [-0.15, -0.1) is 0 Å². The molecule has 8 heteroatoms. The van der Waals surface area contributed by atoms with E-state index in [1.165, 1.54) is 0 Å². The van der Waals surface area contributed by atoms with Gasteiger partial charge >= 0.3 is 6.18 Å². The van der Waals surface area contributed by atoms with Gasteiger partial charge in [-0.1, -0.05) is 23.7 Å². The van der Waals surface area contributed by atoms with Crippen molar-refractivity contribution in [2.75, 3.05) is 19.7 Å². The van der Waals surface area contributed by atoms with Crippen molar-refractivity contribution in [3.05, 3.63) is 34.9 Å². The Morgan fingerprint density at radius 2 is 2.00 bits per heavy atom. The molecule has 4 nitrogen and oxygen atoms in total. The number of nitrogens with one attached hydrogen (secondary N) is 2. The van der Waals surface area contributed by atoms with E-state index in [-0.39, 0.29) is 18.7 Å². The summed E-state index contributed by atoms with van der Waals surface area (Å²) in [5.41, 5.74) is 0.912. The molecule has 2 rings (SSSR count). The molecule has 22 heavy (non-hydrogen) atoms. The monoisotopic (exact) mass is 336 g/mol. The average molecular weight is 337 g/mol. The maximum atomic E-state index is 12.0. The Bertz CT molecular complexity index is 508. The Labute approximate surface area is 131 Å². The highest BCUT2D eigenvalue weighted by atomic mass is 35.5. The standard InChI is InChI=1S/C14H16ClF3N2O2/c15-10-3-1-9(2-4-10)13-11(5-6-22-13)19-7-12(21)20-8-14(16,17)18/h1-4,11,13,19H,5-8H2,(H,20,21)/t11-,13-/m1/s1. The first-order valence-electron chi connectivity index (χ1n) is 6.79. The van der Waals surface area contributed by atoms with Gasteiger partial charge < -0.3 is 15.4 Å². The molecule has 0 radical (unpaired) electrons. The van der Waals surface area contributed by atoms with E-state index in [1.807, 2.05) is 17.4 Å². The maximum absolute atomic E-state index is 12.0. The molecule has 0 bridgehead atoms. The number of hydrogen-bond donors (Lipinski definition) is 2. The molecule has 122 valence electrons. The van der Waals surface area contributed by atoms with Crippen LogP contribution in [0.25, 0.3) is 0 Å². The van der Waals surface area contributed by atoms with Gasteiger partial charge in [0.1, 0.15) is 6.54 Å². The normalized spacial score (nSPS) is 21.8. The van der Waals surface area contributed by atoms with Gasteiger partial charge in [-0.05, 0) is 24.1 Å². The van der Waals surface area contributed by atoms with Crippen molar-refractivity contribution in [2.24, 2.45) is 0 Å². The predicted octanol–water partition coefficient (Wildman–Crippen LogP) is 2.44. The summed E-state index contributed by atoms with van der Waals surface area (Å²) in [5.74, 6) is -0.695. The lowest BCUT2D eigenvalue weighted by molar-refractivity contribution is -0.138. The third-order valence-corrected chi connectivity index (χ3v) is 3.55. The number of carbonyl (C=O) groups excluding carboxylic acids is 1. The largest absolute Gasteiger partial charge is 0.405 e. The van der Waals surface area contributed by atoms with E-state index in [4.69, 9.17) is 16.3 Å². The summed E-state index contributed by atoms with van der Waals surface area (Å²) in [6.45, 7) is -0.987. The van der Waals surface area contributed by atoms with Crippen LogP contribution in [-0.2, 0) is 9.53 Å². The van der Waals surface area contributed by atoms with Crippen LogP contribution in [0.2, 0.25) is 5.02 Å². The van der Waals surface area contributed by atoms with Gasteiger partial charge in [0, 0.05) is 17.7 Å². The topological polar surface area (TPSA) is 50.4 Å². The van der Waals surface area contributed by atoms with Crippen LogP contribution in [0.5, 0.6) is 0 Å². The van der Waals surface area contributed by atoms with Crippen LogP contribution in [0.4, 0.5) is 13.2 Å². The van der Waals surface area contributed by atoms with Crippen molar-refractivity contribution in [3.63, 3.8) is 0 Å². The Hall–Kier alpha value is -1.31. The van der Waals surface area contributed by atoms with Crippen molar-refractivity contribution < 1.29 is 22.7 Å². The number of carbonyl (C=O) groups is 1. The molecule has 0 unspecified atom stereocenters. The molecule has 1 amide bonds. The smallest absolute Gasteiger partial charge is 0.372 e. The Kier molecular flexibility index (Phi) is 5.66. The van der Waals surface area contributed by atoms with Crippen molar-refractivity contribution >= 4 is 17.5 Å². The van der Waals surface area contributed by atoms with E-state index < -0.39 is 18.6 Å². The first kappa shape index (κ1) is 17.1. The number of hydrogen-bond acceptors (Lipinski definition) is 3. The lowest BCUT2D eigenvalue weighted by Gasteiger charge is -2.20. The molecule has 0 saturated carbocycles. The second-order valence-electron chi connectivity index (χ2n) is 5.01. The first-order valence-corrected chi connectivity index (χ1v) is 7.17. The summed E-state index contributed by atoms with van der Waals surface area (Å²) < 4.78 is 41.6. The number of benzene rings is 1. The maximum Gasteiger partial charge on any atom is 0.405 e. The summed E-state index contributed by atoms with van der Waals surface area (Å²) in [6, 6.07) is 7.02. The fourth-order valence-electron chi connectivity index (χ4n) is 2.26. The predicted molar refractivity (Wildman–Crippen MR) is 75.6 cm³/mol. The zero-order chi connectivity index (χ0) is 16.2. The summed E-state index contributed by atoms with van der Waals surface area (Å²) in [6.07, 6.45) is -3.97. The second-order valence-corrected chi connectivity index (χ2v) is 5.45. The molecule has 1 saturated heterocycles. The van der Waals surface area contributed by atoms with E-state index in [1.54, 1.807) is 12.1 Å². The molecule has 1 fully saturated rings. The minimum absolute atomic E-state index is 0.127. The number of alkyl halides is 3. The minimum Gasteiger partial charge on any atom is -0.372 e. The van der Waals surface area contributed by atoms with Crippen LogP contribution in [0.3, 0.4) is 0 Å². The van der Waals surface area contributed by atoms with Gasteiger partial charge in [0.15, 0.2) is 0 Å². The van der Waals surface area contributed by atoms with Crippen molar-refractivity contribution in [1.82, 2.24) is 10.6 Å². The lowest BCUT2D eigenvalue weighted by atomic mass is 10.0. The molecule has 0 spiro atoms. The number of halogens is 4. The minimum atomic E-state index is -4.40. The molecule has 1 aliphatic heterocycles. The second kappa shape index (κ2) is 7.30. The lowest BCUT2D eigenvalue weighted by Crippen LogP contribution is -2.43. The van der Waals surface area contributed by atoms with Crippen LogP contribution in [0, 0.1) is 0 Å². The molecule has 1 aromatic rings. The molecule has 2 atom stereocenters. The Morgan fingerprint density at radius 3 is 2.64 bits per heavy atom. The molecule has 1 heterocycles. The highest BCUT2D eigenvalue weighted by molar-refractivity contribution is 6.30. The molecular formula is C14H16ClF3N2O2. The molecule has 2 N–H and O–H groups in total. The number of amides is 1. The fourth-order valence-corrected chi connectivity index (χ4v) is 2.39. The van der Waals surface area contributed by atoms with Crippen molar-refractivity contribution in [2.45, 2.75) is 24.7 Å². The Morgan fingerprint density at radius 1 is 1.32 bits per heavy atom. The summed E-state index contributed by atoms with van der Waals surface area (Å²) in [5, 5.41) is 5.38. The number of ether oxygens (including phenoxy) is 1. The molecule has 0 aliphatic carbocycles. The van der Waals surface area contributed by atoms with Gasteiger partial charge in [-0.3, -0.25) is 4.79 Å². The third kappa shape index (κ3) is 5.15. The Balaban J connectivity index is 1.84. The van der Waals surface area contributed by atoms with E-state index in [9.17, 15) is 18.0 Å². The zero-order valence-electron chi connectivity index (χ0n) is 11.6. The zero-order valence-corrected chi connectivity index (χ0v) is 12.4. The van der Waals surface area contributed by atoms with Crippen LogP contribution < -0.4 is 10.6 Å². The van der Waals surface area contributed by atoms with Crippen LogP contribution in [0.15, 0.2) is 24.3 Å². The summed E-state index contributed by atoms with van der Waals surface area (Å²) in [4.78, 5) is 11.4. The van der Waals surface area contributed by atoms with Gasteiger partial charge in [0.25, 0.3) is 0 Å². The molecule has 1 aromatic carbocycles. The van der Waals surface area contributed by atoms with E-state index in [2.05, 4.69) is 5.32 Å². The quantitative estimate of drug-likeness (QED) is 0.868.